The number of carbonyl (C=O) groups excluding carboxylic acids is 1. The smallest absolute Gasteiger partial charge is 0.410 e. The van der Waals surface area contributed by atoms with Crippen LogP contribution in [-0.2, 0) is 4.74 Å². The van der Waals surface area contributed by atoms with Crippen molar-refractivity contribution in [1.82, 2.24) is 19.9 Å². The van der Waals surface area contributed by atoms with Crippen LogP contribution in [0.4, 0.5) is 4.79 Å². The highest BCUT2D eigenvalue weighted by molar-refractivity contribution is 7.15. The lowest BCUT2D eigenvalue weighted by atomic mass is 9.98. The van der Waals surface area contributed by atoms with Crippen LogP contribution in [0.5, 0.6) is 0 Å². The summed E-state index contributed by atoms with van der Waals surface area (Å²) in [7, 11) is 0. The zero-order chi connectivity index (χ0) is 23.0. The zero-order valence-corrected chi connectivity index (χ0v) is 19.8. The van der Waals surface area contributed by atoms with E-state index in [0.717, 1.165) is 44.7 Å². The van der Waals surface area contributed by atoms with Crippen LogP contribution < -0.4 is 0 Å². The predicted octanol–water partition coefficient (Wildman–Crippen LogP) is 5.84. The molecule has 1 fully saturated rings. The third-order valence-electron chi connectivity index (χ3n) is 5.72. The molecule has 1 amide bonds. The van der Waals surface area contributed by atoms with E-state index in [1.165, 1.54) is 5.39 Å². The molecule has 6 nitrogen and oxygen atoms in total. The molecule has 0 unspecified atom stereocenters. The number of hydrogen-bond donors (Lipinski definition) is 1. The Balaban J connectivity index is 1.27. The topological polar surface area (TPSA) is 71.1 Å². The molecule has 5 rings (SSSR count). The van der Waals surface area contributed by atoms with Crippen molar-refractivity contribution in [1.29, 1.82) is 0 Å². The monoisotopic (exact) mass is 458 g/mol. The lowest BCUT2D eigenvalue weighted by molar-refractivity contribution is 0.0199. The zero-order valence-electron chi connectivity index (χ0n) is 19.0. The van der Waals surface area contributed by atoms with Crippen molar-refractivity contribution in [3.63, 3.8) is 0 Å². The summed E-state index contributed by atoms with van der Waals surface area (Å²) in [6, 6.07) is 8.48. The molecule has 7 heteroatoms. The van der Waals surface area contributed by atoms with E-state index in [2.05, 4.69) is 51.1 Å². The molecular formula is C26H26N4O2S. The first kappa shape index (κ1) is 21.5. The van der Waals surface area contributed by atoms with Crippen molar-refractivity contribution in [2.24, 2.45) is 5.92 Å². The van der Waals surface area contributed by atoms with Gasteiger partial charge in [-0.2, -0.15) is 0 Å². The van der Waals surface area contributed by atoms with Crippen LogP contribution in [0.25, 0.3) is 32.2 Å². The van der Waals surface area contributed by atoms with Gasteiger partial charge >= 0.3 is 6.09 Å². The van der Waals surface area contributed by atoms with Gasteiger partial charge in [0.1, 0.15) is 11.2 Å². The van der Waals surface area contributed by atoms with Gasteiger partial charge in [-0.1, -0.05) is 18.1 Å². The molecule has 0 aliphatic carbocycles. The maximum atomic E-state index is 12.2. The van der Waals surface area contributed by atoms with E-state index in [0.29, 0.717) is 13.1 Å². The number of aromatic nitrogens is 3. The fourth-order valence-corrected chi connectivity index (χ4v) is 4.81. The highest BCUT2D eigenvalue weighted by Gasteiger charge is 2.26. The summed E-state index contributed by atoms with van der Waals surface area (Å²) in [5, 5.41) is 4.24. The molecule has 4 aromatic rings. The maximum Gasteiger partial charge on any atom is 0.410 e. The van der Waals surface area contributed by atoms with Crippen molar-refractivity contribution in [3.05, 3.63) is 47.9 Å². The third-order valence-corrected chi connectivity index (χ3v) is 6.68. The lowest BCUT2D eigenvalue weighted by Gasteiger charge is -2.31. The number of carbonyl (C=O) groups is 1. The van der Waals surface area contributed by atoms with Gasteiger partial charge in [-0.25, -0.2) is 14.8 Å². The van der Waals surface area contributed by atoms with E-state index in [-0.39, 0.29) is 12.0 Å². The Morgan fingerprint density at radius 2 is 1.97 bits per heavy atom. The quantitative estimate of drug-likeness (QED) is 0.364. The Morgan fingerprint density at radius 3 is 2.76 bits per heavy atom. The number of likely N-dealkylation sites (tertiary alicyclic amines) is 1. The standard InChI is InChI=1S/C26H26N4O2S/c1-26(2,3)32-25(31)30-12-9-17(10-13-30)4-7-23-28-16-22(33-23)18-5-6-19-15-29-24-20(8-11-27-24)21(19)14-18/h5-6,8,11,14-17H,9-10,12-13H2,1-3H3,(H,27,29). The number of pyridine rings is 1. The number of aromatic amines is 1. The van der Waals surface area contributed by atoms with Crippen LogP contribution in [-0.4, -0.2) is 44.6 Å². The highest BCUT2D eigenvalue weighted by Crippen LogP contribution is 2.31. The molecule has 0 saturated carbocycles. The number of nitrogens with zero attached hydrogens (tertiary/aromatic N) is 3. The lowest BCUT2D eigenvalue weighted by Crippen LogP contribution is -2.41. The minimum Gasteiger partial charge on any atom is -0.444 e. The van der Waals surface area contributed by atoms with Gasteiger partial charge in [0.25, 0.3) is 0 Å². The van der Waals surface area contributed by atoms with Gasteiger partial charge in [-0.05, 0) is 62.6 Å². The fourth-order valence-electron chi connectivity index (χ4n) is 4.04. The van der Waals surface area contributed by atoms with Gasteiger partial charge in [0.05, 0.1) is 4.88 Å². The first-order valence-electron chi connectivity index (χ1n) is 11.2. The van der Waals surface area contributed by atoms with Crippen molar-refractivity contribution < 1.29 is 9.53 Å². The van der Waals surface area contributed by atoms with Gasteiger partial charge in [0.15, 0.2) is 5.01 Å². The molecule has 1 N–H and O–H groups in total. The Hall–Kier alpha value is -3.37. The second-order valence-corrected chi connectivity index (χ2v) is 10.4. The molecule has 0 atom stereocenters. The summed E-state index contributed by atoms with van der Waals surface area (Å²) < 4.78 is 5.47. The largest absolute Gasteiger partial charge is 0.444 e. The number of rotatable bonds is 1. The molecule has 1 saturated heterocycles. The molecule has 4 heterocycles. The second kappa shape index (κ2) is 8.53. The molecule has 0 bridgehead atoms. The molecule has 0 radical (unpaired) electrons. The number of thiazole rings is 1. The van der Waals surface area contributed by atoms with Crippen LogP contribution >= 0.6 is 11.3 Å². The number of amides is 1. The highest BCUT2D eigenvalue weighted by atomic mass is 32.1. The van der Waals surface area contributed by atoms with E-state index in [9.17, 15) is 4.79 Å². The number of hydrogen-bond acceptors (Lipinski definition) is 5. The molecule has 168 valence electrons. The van der Waals surface area contributed by atoms with Gasteiger partial charge in [0.2, 0.25) is 0 Å². The molecule has 33 heavy (non-hydrogen) atoms. The predicted molar refractivity (Wildman–Crippen MR) is 132 cm³/mol. The van der Waals surface area contributed by atoms with Crippen LogP contribution in [0.2, 0.25) is 0 Å². The summed E-state index contributed by atoms with van der Waals surface area (Å²) >= 11 is 1.61. The normalized spacial score (nSPS) is 14.9. The number of nitrogens with one attached hydrogen (secondary N) is 1. The van der Waals surface area contributed by atoms with E-state index in [1.54, 1.807) is 16.2 Å². The van der Waals surface area contributed by atoms with Gasteiger partial charge in [0, 0.05) is 48.4 Å². The first-order valence-corrected chi connectivity index (χ1v) is 12.0. The molecule has 1 aliphatic heterocycles. The van der Waals surface area contributed by atoms with Crippen molar-refractivity contribution in [2.75, 3.05) is 13.1 Å². The number of piperidine rings is 1. The molecule has 0 spiro atoms. The summed E-state index contributed by atoms with van der Waals surface area (Å²) in [5.74, 6) is 6.89. The third kappa shape index (κ3) is 4.71. The van der Waals surface area contributed by atoms with Crippen molar-refractivity contribution in [2.45, 2.75) is 39.2 Å². The van der Waals surface area contributed by atoms with Crippen LogP contribution in [0.1, 0.15) is 38.6 Å². The number of ether oxygens (including phenoxy) is 1. The second-order valence-electron chi connectivity index (χ2n) is 9.34. The fraction of sp³-hybridized carbons (Fsp3) is 0.346. The van der Waals surface area contributed by atoms with Crippen LogP contribution in [0.15, 0.2) is 42.9 Å². The minimum absolute atomic E-state index is 0.235. The first-order chi connectivity index (χ1) is 15.9. The molecular weight excluding hydrogens is 432 g/mol. The average Bonchev–Trinajstić information content (AvgIpc) is 3.46. The number of fused-ring (bicyclic) bond motifs is 3. The minimum atomic E-state index is -0.466. The van der Waals surface area contributed by atoms with E-state index < -0.39 is 5.60 Å². The summed E-state index contributed by atoms with van der Waals surface area (Å²) in [6.07, 6.45) is 7.20. The molecule has 3 aromatic heterocycles. The number of H-pyrrole nitrogens is 1. The Kier molecular flexibility index (Phi) is 5.55. The van der Waals surface area contributed by atoms with Gasteiger partial charge in [-0.3, -0.25) is 0 Å². The maximum absolute atomic E-state index is 12.2. The van der Waals surface area contributed by atoms with Gasteiger partial charge < -0.3 is 14.6 Å². The van der Waals surface area contributed by atoms with Crippen molar-refractivity contribution >= 4 is 39.2 Å². The molecule has 1 aliphatic rings. The summed E-state index contributed by atoms with van der Waals surface area (Å²) in [5.41, 5.74) is 1.56. The Bertz CT molecular complexity index is 1380. The SMILES string of the molecule is CC(C)(C)OC(=O)N1CCC(C#Cc2ncc(-c3ccc4cnc5[nH]ccc5c4c3)s2)CC1. The van der Waals surface area contributed by atoms with E-state index >= 15 is 0 Å². The summed E-state index contributed by atoms with van der Waals surface area (Å²) in [6.45, 7) is 7.03. The number of benzene rings is 1. The van der Waals surface area contributed by atoms with Gasteiger partial charge in [-0.15, -0.1) is 11.3 Å². The van der Waals surface area contributed by atoms with Crippen molar-refractivity contribution in [3.8, 4) is 22.3 Å². The average molecular weight is 459 g/mol. The summed E-state index contributed by atoms with van der Waals surface area (Å²) in [4.78, 5) is 27.3. The van der Waals surface area contributed by atoms with Crippen LogP contribution in [0, 0.1) is 17.8 Å². The molecule has 1 aromatic carbocycles. The Morgan fingerprint density at radius 1 is 1.15 bits per heavy atom. The van der Waals surface area contributed by atoms with Crippen LogP contribution in [0.3, 0.4) is 0 Å². The van der Waals surface area contributed by atoms with E-state index in [1.807, 2.05) is 39.4 Å². The van der Waals surface area contributed by atoms with E-state index in [4.69, 9.17) is 4.74 Å². The Labute approximate surface area is 197 Å².